The molecule has 0 amide bonds. The van der Waals surface area contributed by atoms with Crippen LogP contribution in [0.25, 0.3) is 10.8 Å². The third-order valence-electron chi connectivity index (χ3n) is 3.49. The second kappa shape index (κ2) is 6.38. The van der Waals surface area contributed by atoms with Crippen LogP contribution in [0.4, 0.5) is 11.4 Å². The van der Waals surface area contributed by atoms with Crippen LogP contribution >= 0.6 is 0 Å². The molecule has 0 aliphatic rings. The topological polar surface area (TPSA) is 54.2 Å². The van der Waals surface area contributed by atoms with Crippen molar-refractivity contribution in [2.75, 3.05) is 37.2 Å². The summed E-state index contributed by atoms with van der Waals surface area (Å²) < 4.78 is 0. The first-order valence-electron chi connectivity index (χ1n) is 6.84. The number of anilines is 2. The van der Waals surface area contributed by atoms with Gasteiger partial charge in [-0.2, -0.15) is 0 Å². The maximum atomic E-state index is 5.97. The standard InChI is InChI=1S/C15H22N4/c1-3-19(4-2)10-9-18-15-6-5-14(16)13-11-17-8-7-12(13)15/h5-8,11,18H,3-4,9-10,16H2,1-2H3. The lowest BCUT2D eigenvalue weighted by molar-refractivity contribution is 0.316. The zero-order valence-corrected chi connectivity index (χ0v) is 11.7. The Labute approximate surface area is 114 Å². The molecule has 0 aliphatic heterocycles. The van der Waals surface area contributed by atoms with Crippen LogP contribution in [0.2, 0.25) is 0 Å². The Bertz CT molecular complexity index is 535. The summed E-state index contributed by atoms with van der Waals surface area (Å²) in [5.41, 5.74) is 7.87. The van der Waals surface area contributed by atoms with Crippen molar-refractivity contribution in [3.63, 3.8) is 0 Å². The third-order valence-corrected chi connectivity index (χ3v) is 3.49. The number of nitrogens with two attached hydrogens (primary N) is 1. The molecule has 3 N–H and O–H groups in total. The molecule has 0 spiro atoms. The minimum atomic E-state index is 0.775. The molecule has 4 heteroatoms. The Morgan fingerprint density at radius 1 is 1.16 bits per heavy atom. The number of fused-ring (bicyclic) bond motifs is 1. The van der Waals surface area contributed by atoms with Crippen molar-refractivity contribution >= 4 is 22.1 Å². The average Bonchev–Trinajstić information content (AvgIpc) is 2.46. The number of benzene rings is 1. The van der Waals surface area contributed by atoms with Gasteiger partial charge in [0.25, 0.3) is 0 Å². The number of rotatable bonds is 6. The van der Waals surface area contributed by atoms with Crippen LogP contribution in [0.15, 0.2) is 30.6 Å². The van der Waals surface area contributed by atoms with E-state index in [4.69, 9.17) is 5.73 Å². The molecule has 0 fully saturated rings. The summed E-state index contributed by atoms with van der Waals surface area (Å²) in [6, 6.07) is 5.98. The fourth-order valence-corrected chi connectivity index (χ4v) is 2.25. The summed E-state index contributed by atoms with van der Waals surface area (Å²) >= 11 is 0. The smallest absolute Gasteiger partial charge is 0.0422 e. The maximum Gasteiger partial charge on any atom is 0.0422 e. The summed E-state index contributed by atoms with van der Waals surface area (Å²) in [6.07, 6.45) is 3.62. The first-order valence-corrected chi connectivity index (χ1v) is 6.84. The van der Waals surface area contributed by atoms with E-state index in [1.807, 2.05) is 24.4 Å². The molecule has 0 saturated carbocycles. The Morgan fingerprint density at radius 3 is 2.68 bits per heavy atom. The monoisotopic (exact) mass is 258 g/mol. The van der Waals surface area contributed by atoms with Gasteiger partial charge in [-0.1, -0.05) is 13.8 Å². The van der Waals surface area contributed by atoms with Crippen LogP contribution < -0.4 is 11.1 Å². The average molecular weight is 258 g/mol. The molecule has 102 valence electrons. The zero-order chi connectivity index (χ0) is 13.7. The highest BCUT2D eigenvalue weighted by atomic mass is 15.1. The first kappa shape index (κ1) is 13.6. The second-order valence-electron chi connectivity index (χ2n) is 4.58. The minimum absolute atomic E-state index is 0.775. The molecule has 1 aromatic heterocycles. The Kier molecular flexibility index (Phi) is 4.58. The summed E-state index contributed by atoms with van der Waals surface area (Å²) in [4.78, 5) is 6.53. The van der Waals surface area contributed by atoms with Gasteiger partial charge in [0, 0.05) is 47.6 Å². The number of hydrogen-bond acceptors (Lipinski definition) is 4. The molecular formula is C15H22N4. The number of aromatic nitrogens is 1. The van der Waals surface area contributed by atoms with Crippen LogP contribution in [0.1, 0.15) is 13.8 Å². The van der Waals surface area contributed by atoms with E-state index < -0.39 is 0 Å². The van der Waals surface area contributed by atoms with Gasteiger partial charge in [-0.3, -0.25) is 4.98 Å². The van der Waals surface area contributed by atoms with Crippen molar-refractivity contribution in [2.45, 2.75) is 13.8 Å². The van der Waals surface area contributed by atoms with Gasteiger partial charge in [-0.25, -0.2) is 0 Å². The molecule has 0 atom stereocenters. The van der Waals surface area contributed by atoms with E-state index in [0.29, 0.717) is 0 Å². The van der Waals surface area contributed by atoms with E-state index in [1.165, 1.54) is 0 Å². The highest BCUT2D eigenvalue weighted by Gasteiger charge is 2.04. The predicted octanol–water partition coefficient (Wildman–Crippen LogP) is 2.57. The fourth-order valence-electron chi connectivity index (χ4n) is 2.25. The quantitative estimate of drug-likeness (QED) is 0.782. The van der Waals surface area contributed by atoms with E-state index in [9.17, 15) is 0 Å². The summed E-state index contributed by atoms with van der Waals surface area (Å²) in [5.74, 6) is 0. The molecular weight excluding hydrogens is 236 g/mol. The van der Waals surface area contributed by atoms with E-state index in [1.54, 1.807) is 6.20 Å². The zero-order valence-electron chi connectivity index (χ0n) is 11.7. The lowest BCUT2D eigenvalue weighted by Gasteiger charge is -2.19. The fraction of sp³-hybridized carbons (Fsp3) is 0.400. The molecule has 1 heterocycles. The SMILES string of the molecule is CCN(CC)CCNc1ccc(N)c2cnccc12. The van der Waals surface area contributed by atoms with E-state index in [-0.39, 0.29) is 0 Å². The number of nitrogens with one attached hydrogen (secondary N) is 1. The second-order valence-corrected chi connectivity index (χ2v) is 4.58. The maximum absolute atomic E-state index is 5.97. The predicted molar refractivity (Wildman–Crippen MR) is 82.4 cm³/mol. The first-order chi connectivity index (χ1) is 9.26. The van der Waals surface area contributed by atoms with Crippen molar-refractivity contribution in [3.05, 3.63) is 30.6 Å². The molecule has 0 unspecified atom stereocenters. The van der Waals surface area contributed by atoms with Crippen LogP contribution in [-0.4, -0.2) is 36.1 Å². The van der Waals surface area contributed by atoms with Crippen molar-refractivity contribution in [2.24, 2.45) is 0 Å². The van der Waals surface area contributed by atoms with Gasteiger partial charge in [0.2, 0.25) is 0 Å². The molecule has 2 rings (SSSR count). The summed E-state index contributed by atoms with van der Waals surface area (Å²) in [7, 11) is 0. The number of hydrogen-bond donors (Lipinski definition) is 2. The molecule has 4 nitrogen and oxygen atoms in total. The van der Waals surface area contributed by atoms with Crippen molar-refractivity contribution in [1.29, 1.82) is 0 Å². The number of nitrogens with zero attached hydrogens (tertiary/aromatic N) is 2. The van der Waals surface area contributed by atoms with Gasteiger partial charge in [0.05, 0.1) is 0 Å². The molecule has 0 aliphatic carbocycles. The molecule has 19 heavy (non-hydrogen) atoms. The van der Waals surface area contributed by atoms with Gasteiger partial charge < -0.3 is 16.0 Å². The van der Waals surface area contributed by atoms with Gasteiger partial charge in [0.1, 0.15) is 0 Å². The van der Waals surface area contributed by atoms with Gasteiger partial charge in [0.15, 0.2) is 0 Å². The summed E-state index contributed by atoms with van der Waals surface area (Å²) in [6.45, 7) is 8.53. The van der Waals surface area contributed by atoms with Crippen LogP contribution in [0, 0.1) is 0 Å². The Morgan fingerprint density at radius 2 is 1.95 bits per heavy atom. The molecule has 0 saturated heterocycles. The number of nitrogen functional groups attached to an aromatic ring is 1. The lowest BCUT2D eigenvalue weighted by Crippen LogP contribution is -2.28. The highest BCUT2D eigenvalue weighted by Crippen LogP contribution is 2.27. The number of likely N-dealkylation sites (N-methyl/N-ethyl adjacent to an activating group) is 1. The van der Waals surface area contributed by atoms with Crippen molar-refractivity contribution < 1.29 is 0 Å². The van der Waals surface area contributed by atoms with Crippen molar-refractivity contribution in [3.8, 4) is 0 Å². The van der Waals surface area contributed by atoms with Crippen LogP contribution in [0.3, 0.4) is 0 Å². The molecule has 2 aromatic rings. The molecule has 1 aromatic carbocycles. The minimum Gasteiger partial charge on any atom is -0.398 e. The molecule has 0 radical (unpaired) electrons. The van der Waals surface area contributed by atoms with E-state index >= 15 is 0 Å². The van der Waals surface area contributed by atoms with Gasteiger partial charge in [-0.15, -0.1) is 0 Å². The summed E-state index contributed by atoms with van der Waals surface area (Å²) in [5, 5.41) is 5.63. The number of pyridine rings is 1. The van der Waals surface area contributed by atoms with Crippen molar-refractivity contribution in [1.82, 2.24) is 9.88 Å². The van der Waals surface area contributed by atoms with Crippen LogP contribution in [0.5, 0.6) is 0 Å². The Hall–Kier alpha value is -1.81. The van der Waals surface area contributed by atoms with E-state index in [2.05, 4.69) is 29.0 Å². The highest BCUT2D eigenvalue weighted by molar-refractivity contribution is 6.00. The van der Waals surface area contributed by atoms with Gasteiger partial charge >= 0.3 is 0 Å². The van der Waals surface area contributed by atoms with Gasteiger partial charge in [-0.05, 0) is 31.3 Å². The largest absolute Gasteiger partial charge is 0.398 e. The lowest BCUT2D eigenvalue weighted by atomic mass is 10.1. The van der Waals surface area contributed by atoms with Crippen LogP contribution in [-0.2, 0) is 0 Å². The third kappa shape index (κ3) is 3.15. The van der Waals surface area contributed by atoms with E-state index in [0.717, 1.165) is 48.3 Å². The Balaban J connectivity index is 2.11. The molecule has 0 bridgehead atoms. The normalized spacial score (nSPS) is 11.1.